The molecule has 1 aromatic rings. The maximum Gasteiger partial charge on any atom is 0.121 e. The highest BCUT2D eigenvalue weighted by molar-refractivity contribution is 9.10. The highest BCUT2D eigenvalue weighted by Gasteiger charge is 2.50. The van der Waals surface area contributed by atoms with Crippen molar-refractivity contribution < 1.29 is 5.11 Å². The molecule has 4 bridgehead atoms. The highest BCUT2D eigenvalue weighted by atomic mass is 79.9. The lowest BCUT2D eigenvalue weighted by atomic mass is 9.53. The van der Waals surface area contributed by atoms with Crippen molar-refractivity contribution in [2.24, 2.45) is 17.8 Å². The van der Waals surface area contributed by atoms with Gasteiger partial charge in [-0.2, -0.15) is 0 Å². The quantitative estimate of drug-likeness (QED) is 0.866. The zero-order valence-electron chi connectivity index (χ0n) is 11.7. The van der Waals surface area contributed by atoms with Crippen molar-refractivity contribution in [3.63, 3.8) is 0 Å². The monoisotopic (exact) mass is 335 g/mol. The van der Waals surface area contributed by atoms with Gasteiger partial charge < -0.3 is 10.4 Å². The second-order valence-electron chi connectivity index (χ2n) is 7.32. The standard InChI is InChI=1S/C17H22BrNO/c18-15-2-1-14(16(20)6-15)10-19-17-7-11-3-12(8-17)5-13(4-11)9-17/h1-2,6,11-13,19-20H,3-5,7-10H2. The van der Waals surface area contributed by atoms with E-state index >= 15 is 0 Å². The number of aromatic hydroxyl groups is 1. The molecule has 4 fully saturated rings. The molecule has 5 rings (SSSR count). The Morgan fingerprint density at radius 1 is 1.10 bits per heavy atom. The number of hydrogen-bond acceptors (Lipinski definition) is 2. The summed E-state index contributed by atoms with van der Waals surface area (Å²) in [4.78, 5) is 0. The first kappa shape index (κ1) is 13.1. The van der Waals surface area contributed by atoms with Gasteiger partial charge in [0.15, 0.2) is 0 Å². The average molecular weight is 336 g/mol. The van der Waals surface area contributed by atoms with Crippen LogP contribution in [0.5, 0.6) is 5.75 Å². The number of halogens is 1. The Morgan fingerprint density at radius 2 is 1.70 bits per heavy atom. The molecule has 0 unspecified atom stereocenters. The van der Waals surface area contributed by atoms with Crippen molar-refractivity contribution in [1.82, 2.24) is 5.32 Å². The maximum atomic E-state index is 10.0. The van der Waals surface area contributed by atoms with Crippen molar-refractivity contribution >= 4 is 15.9 Å². The second-order valence-corrected chi connectivity index (χ2v) is 8.24. The molecule has 0 amide bonds. The van der Waals surface area contributed by atoms with Crippen molar-refractivity contribution in [1.29, 1.82) is 0 Å². The Morgan fingerprint density at radius 3 is 2.25 bits per heavy atom. The molecule has 4 aliphatic rings. The zero-order valence-corrected chi connectivity index (χ0v) is 13.3. The molecule has 0 radical (unpaired) electrons. The highest BCUT2D eigenvalue weighted by Crippen LogP contribution is 2.55. The van der Waals surface area contributed by atoms with Crippen LogP contribution in [0.25, 0.3) is 0 Å². The van der Waals surface area contributed by atoms with Crippen LogP contribution in [0.1, 0.15) is 44.1 Å². The Balaban J connectivity index is 1.49. The average Bonchev–Trinajstić information content (AvgIpc) is 2.36. The molecule has 20 heavy (non-hydrogen) atoms. The van der Waals surface area contributed by atoms with E-state index in [1.807, 2.05) is 12.1 Å². The number of benzene rings is 1. The number of phenolic OH excluding ortho intramolecular Hbond substituents is 1. The summed E-state index contributed by atoms with van der Waals surface area (Å²) in [6, 6.07) is 5.82. The van der Waals surface area contributed by atoms with E-state index in [1.54, 1.807) is 6.07 Å². The van der Waals surface area contributed by atoms with Gasteiger partial charge >= 0.3 is 0 Å². The molecule has 0 heterocycles. The lowest BCUT2D eigenvalue weighted by molar-refractivity contribution is -0.0206. The molecule has 1 aromatic carbocycles. The Labute approximate surface area is 129 Å². The third kappa shape index (κ3) is 2.29. The van der Waals surface area contributed by atoms with Gasteiger partial charge in [0.25, 0.3) is 0 Å². The van der Waals surface area contributed by atoms with Crippen LogP contribution in [0.3, 0.4) is 0 Å². The van der Waals surface area contributed by atoms with E-state index < -0.39 is 0 Å². The van der Waals surface area contributed by atoms with Crippen LogP contribution in [0, 0.1) is 17.8 Å². The van der Waals surface area contributed by atoms with Crippen LogP contribution in [0.15, 0.2) is 22.7 Å². The number of phenols is 1. The number of hydrogen-bond donors (Lipinski definition) is 2. The zero-order chi connectivity index (χ0) is 13.7. The van der Waals surface area contributed by atoms with Crippen molar-refractivity contribution in [2.75, 3.05) is 0 Å². The maximum absolute atomic E-state index is 10.0. The van der Waals surface area contributed by atoms with E-state index in [9.17, 15) is 5.11 Å². The molecule has 0 atom stereocenters. The minimum atomic E-state index is 0.369. The van der Waals surface area contributed by atoms with Gasteiger partial charge in [-0.25, -0.2) is 0 Å². The van der Waals surface area contributed by atoms with Crippen LogP contribution in [-0.2, 0) is 6.54 Å². The largest absolute Gasteiger partial charge is 0.508 e. The first-order valence-electron chi connectivity index (χ1n) is 7.84. The van der Waals surface area contributed by atoms with E-state index in [0.29, 0.717) is 11.3 Å². The topological polar surface area (TPSA) is 32.3 Å². The summed E-state index contributed by atoms with van der Waals surface area (Å²) < 4.78 is 0.938. The molecular formula is C17H22BrNO. The first-order valence-corrected chi connectivity index (χ1v) is 8.64. The molecule has 4 aliphatic carbocycles. The van der Waals surface area contributed by atoms with Gasteiger partial charge in [0.2, 0.25) is 0 Å². The molecule has 0 saturated heterocycles. The van der Waals surface area contributed by atoms with E-state index in [0.717, 1.165) is 34.3 Å². The SMILES string of the molecule is Oc1cc(Br)ccc1CNC12CC3CC(CC(C3)C1)C2. The minimum absolute atomic E-state index is 0.369. The van der Waals surface area contributed by atoms with Gasteiger partial charge in [0.05, 0.1) is 0 Å². The molecule has 108 valence electrons. The molecule has 0 aromatic heterocycles. The van der Waals surface area contributed by atoms with E-state index in [1.165, 1.54) is 38.5 Å². The van der Waals surface area contributed by atoms with Crippen LogP contribution >= 0.6 is 15.9 Å². The van der Waals surface area contributed by atoms with Crippen LogP contribution < -0.4 is 5.32 Å². The molecular weight excluding hydrogens is 314 g/mol. The third-order valence-electron chi connectivity index (χ3n) is 5.74. The van der Waals surface area contributed by atoms with Gasteiger partial charge in [-0.3, -0.25) is 0 Å². The van der Waals surface area contributed by atoms with Gasteiger partial charge in [-0.05, 0) is 68.4 Å². The van der Waals surface area contributed by atoms with Gasteiger partial charge in [-0.1, -0.05) is 22.0 Å². The predicted molar refractivity (Wildman–Crippen MR) is 83.5 cm³/mol. The minimum Gasteiger partial charge on any atom is -0.508 e. The van der Waals surface area contributed by atoms with E-state index in [2.05, 4.69) is 21.2 Å². The molecule has 3 heteroatoms. The smallest absolute Gasteiger partial charge is 0.121 e. The van der Waals surface area contributed by atoms with Crippen LogP contribution in [0.4, 0.5) is 0 Å². The summed E-state index contributed by atoms with van der Waals surface area (Å²) >= 11 is 3.40. The lowest BCUT2D eigenvalue weighted by Crippen LogP contribution is -2.58. The molecule has 0 spiro atoms. The van der Waals surface area contributed by atoms with Crippen LogP contribution in [0.2, 0.25) is 0 Å². The number of rotatable bonds is 3. The first-order chi connectivity index (χ1) is 9.62. The van der Waals surface area contributed by atoms with Crippen LogP contribution in [-0.4, -0.2) is 10.6 Å². The normalized spacial score (nSPS) is 38.4. The third-order valence-corrected chi connectivity index (χ3v) is 6.23. The number of nitrogens with one attached hydrogen (secondary N) is 1. The molecule has 0 aliphatic heterocycles. The van der Waals surface area contributed by atoms with Gasteiger partial charge in [-0.15, -0.1) is 0 Å². The van der Waals surface area contributed by atoms with Crippen molar-refractivity contribution in [2.45, 2.75) is 50.6 Å². The second kappa shape index (κ2) is 4.74. The molecule has 2 nitrogen and oxygen atoms in total. The fourth-order valence-electron chi connectivity index (χ4n) is 5.30. The molecule has 4 saturated carbocycles. The fourth-order valence-corrected chi connectivity index (χ4v) is 5.65. The Bertz CT molecular complexity index is 492. The summed E-state index contributed by atoms with van der Waals surface area (Å²) in [6.07, 6.45) is 8.50. The molecule has 2 N–H and O–H groups in total. The fraction of sp³-hybridized carbons (Fsp3) is 0.647. The summed E-state index contributed by atoms with van der Waals surface area (Å²) in [5.41, 5.74) is 1.39. The summed E-state index contributed by atoms with van der Waals surface area (Å²) in [6.45, 7) is 0.797. The van der Waals surface area contributed by atoms with Crippen molar-refractivity contribution in [3.05, 3.63) is 28.2 Å². The predicted octanol–water partition coefficient (Wildman–Crippen LogP) is 4.21. The van der Waals surface area contributed by atoms with E-state index in [4.69, 9.17) is 0 Å². The summed E-state index contributed by atoms with van der Waals surface area (Å²) in [5, 5.41) is 13.9. The Hall–Kier alpha value is -0.540. The Kier molecular flexibility index (Phi) is 3.11. The van der Waals surface area contributed by atoms with E-state index in [-0.39, 0.29) is 0 Å². The van der Waals surface area contributed by atoms with Gasteiger partial charge in [0, 0.05) is 22.1 Å². The lowest BCUT2D eigenvalue weighted by Gasteiger charge is -2.57. The summed E-state index contributed by atoms with van der Waals surface area (Å²) in [7, 11) is 0. The van der Waals surface area contributed by atoms with Crippen molar-refractivity contribution in [3.8, 4) is 5.75 Å². The van der Waals surface area contributed by atoms with Gasteiger partial charge in [0.1, 0.15) is 5.75 Å². The summed E-state index contributed by atoms with van der Waals surface area (Å²) in [5.74, 6) is 3.29.